The van der Waals surface area contributed by atoms with Gasteiger partial charge in [-0.1, -0.05) is 29.8 Å². The number of rotatable bonds is 5. The predicted molar refractivity (Wildman–Crippen MR) is 114 cm³/mol. The van der Waals surface area contributed by atoms with Gasteiger partial charge < -0.3 is 19.5 Å². The topological polar surface area (TPSA) is 117 Å². The zero-order chi connectivity index (χ0) is 22.0. The Labute approximate surface area is 184 Å². The van der Waals surface area contributed by atoms with Gasteiger partial charge in [0.15, 0.2) is 18.1 Å². The number of hydrogen-bond acceptors (Lipinski definition) is 8. The minimum Gasteiger partial charge on any atom is -0.489 e. The highest BCUT2D eigenvalue weighted by Gasteiger charge is 2.24. The van der Waals surface area contributed by atoms with Crippen molar-refractivity contribution >= 4 is 56.3 Å². The maximum absolute atomic E-state index is 12.4. The fourth-order valence-electron chi connectivity index (χ4n) is 2.98. The van der Waals surface area contributed by atoms with Crippen molar-refractivity contribution in [3.8, 4) is 11.5 Å². The summed E-state index contributed by atoms with van der Waals surface area (Å²) in [4.78, 5) is 35.6. The van der Waals surface area contributed by atoms with Crippen LogP contribution in [0, 0.1) is 10.1 Å². The largest absolute Gasteiger partial charge is 0.489 e. The highest BCUT2D eigenvalue weighted by Crippen LogP contribution is 2.39. The molecular weight excluding hydrogens is 448 g/mol. The monoisotopic (exact) mass is 462 g/mol. The van der Waals surface area contributed by atoms with E-state index in [1.807, 2.05) is 12.1 Å². The van der Waals surface area contributed by atoms with Crippen LogP contribution in [0.5, 0.6) is 11.5 Å². The molecule has 0 saturated heterocycles. The third-order valence-corrected chi connectivity index (χ3v) is 6.05. The predicted octanol–water partition coefficient (Wildman–Crippen LogP) is 4.42. The van der Waals surface area contributed by atoms with E-state index >= 15 is 0 Å². The molecule has 9 nitrogen and oxygen atoms in total. The number of hydrogen-bond donors (Lipinski definition) is 1. The summed E-state index contributed by atoms with van der Waals surface area (Å²) in [7, 11) is 0. The van der Waals surface area contributed by atoms with Gasteiger partial charge >= 0.3 is 5.97 Å². The number of thiophene rings is 1. The summed E-state index contributed by atoms with van der Waals surface area (Å²) < 4.78 is 16.8. The van der Waals surface area contributed by atoms with Crippen LogP contribution >= 0.6 is 22.9 Å². The number of esters is 1. The van der Waals surface area contributed by atoms with Crippen LogP contribution in [0.15, 0.2) is 36.4 Å². The number of anilines is 1. The molecule has 1 aromatic heterocycles. The summed E-state index contributed by atoms with van der Waals surface area (Å²) in [5.74, 6) is -0.988. The highest BCUT2D eigenvalue weighted by atomic mass is 35.5. The zero-order valence-electron chi connectivity index (χ0n) is 15.9. The first kappa shape index (κ1) is 20.9. The fourth-order valence-corrected chi connectivity index (χ4v) is 4.38. The standard InChI is InChI=1S/C20H15ClN2O7S/c21-18-11-4-1-2-5-16(11)31-19(18)20(25)30-10-17(24)22-12-8-14-15(9-13(12)23(26)27)29-7-3-6-28-14/h1-2,4-5,8-9H,3,6-7,10H2,(H,22,24). The Hall–Kier alpha value is -3.37. The molecule has 0 spiro atoms. The molecule has 1 N–H and O–H groups in total. The molecule has 11 heteroatoms. The molecule has 0 aliphatic carbocycles. The van der Waals surface area contributed by atoms with Crippen molar-refractivity contribution in [1.29, 1.82) is 0 Å². The van der Waals surface area contributed by atoms with Crippen LogP contribution in [0.2, 0.25) is 5.02 Å². The van der Waals surface area contributed by atoms with E-state index in [0.29, 0.717) is 25.0 Å². The van der Waals surface area contributed by atoms with E-state index in [-0.39, 0.29) is 32.8 Å². The third kappa shape index (κ3) is 4.39. The van der Waals surface area contributed by atoms with E-state index in [1.54, 1.807) is 12.1 Å². The summed E-state index contributed by atoms with van der Waals surface area (Å²) in [5.41, 5.74) is -0.452. The molecule has 0 atom stereocenters. The summed E-state index contributed by atoms with van der Waals surface area (Å²) in [5, 5.41) is 14.8. The first-order chi connectivity index (χ1) is 14.9. The number of ether oxygens (including phenoxy) is 3. The van der Waals surface area contributed by atoms with Crippen LogP contribution in [0.25, 0.3) is 10.1 Å². The minimum atomic E-state index is -0.755. The molecule has 0 radical (unpaired) electrons. The molecule has 2 heterocycles. The molecule has 0 fully saturated rings. The molecule has 0 unspecified atom stereocenters. The molecule has 0 bridgehead atoms. The summed E-state index contributed by atoms with van der Waals surface area (Å²) >= 11 is 7.40. The lowest BCUT2D eigenvalue weighted by Gasteiger charge is -2.11. The Bertz CT molecular complexity index is 1190. The Kier molecular flexibility index (Phi) is 5.92. The number of nitro benzene ring substituents is 1. The summed E-state index contributed by atoms with van der Waals surface area (Å²) in [6.45, 7) is 0.104. The summed E-state index contributed by atoms with van der Waals surface area (Å²) in [6, 6.07) is 9.73. The second-order valence-corrected chi connectivity index (χ2v) is 7.92. The van der Waals surface area contributed by atoms with Gasteiger partial charge in [0.1, 0.15) is 10.6 Å². The second-order valence-electron chi connectivity index (χ2n) is 6.49. The molecule has 1 aliphatic rings. The van der Waals surface area contributed by atoms with Gasteiger partial charge in [0.05, 0.1) is 29.2 Å². The van der Waals surface area contributed by atoms with Gasteiger partial charge in [0.2, 0.25) is 0 Å². The lowest BCUT2D eigenvalue weighted by atomic mass is 10.2. The molecule has 1 aliphatic heterocycles. The average Bonchev–Trinajstić information content (AvgIpc) is 2.93. The van der Waals surface area contributed by atoms with Crippen molar-refractivity contribution in [1.82, 2.24) is 0 Å². The molecule has 0 saturated carbocycles. The van der Waals surface area contributed by atoms with E-state index < -0.39 is 23.4 Å². The van der Waals surface area contributed by atoms with Crippen molar-refractivity contribution < 1.29 is 28.7 Å². The maximum Gasteiger partial charge on any atom is 0.350 e. The van der Waals surface area contributed by atoms with E-state index in [1.165, 1.54) is 12.1 Å². The molecule has 1 amide bonds. The second kappa shape index (κ2) is 8.78. The minimum absolute atomic E-state index is 0.0878. The number of carbonyl (C=O) groups excluding carboxylic acids is 2. The van der Waals surface area contributed by atoms with Gasteiger partial charge in [-0.3, -0.25) is 14.9 Å². The average molecular weight is 463 g/mol. The number of nitrogens with zero attached hydrogens (tertiary/aromatic N) is 1. The van der Waals surface area contributed by atoms with Crippen LogP contribution in [-0.2, 0) is 9.53 Å². The maximum atomic E-state index is 12.4. The quantitative estimate of drug-likeness (QED) is 0.339. The van der Waals surface area contributed by atoms with E-state index in [0.717, 1.165) is 16.0 Å². The lowest BCUT2D eigenvalue weighted by molar-refractivity contribution is -0.384. The number of amides is 1. The number of nitrogens with one attached hydrogen (secondary N) is 1. The number of carbonyl (C=O) groups is 2. The van der Waals surface area contributed by atoms with Crippen LogP contribution in [0.4, 0.5) is 11.4 Å². The van der Waals surface area contributed by atoms with E-state index in [2.05, 4.69) is 5.32 Å². The van der Waals surface area contributed by atoms with Crippen molar-refractivity contribution in [3.05, 3.63) is 56.4 Å². The Morgan fingerprint density at radius 2 is 1.90 bits per heavy atom. The molecule has 160 valence electrons. The molecular formula is C20H15ClN2O7S. The zero-order valence-corrected chi connectivity index (χ0v) is 17.5. The van der Waals surface area contributed by atoms with Gasteiger partial charge in [-0.25, -0.2) is 4.79 Å². The van der Waals surface area contributed by atoms with Crippen molar-refractivity contribution in [3.63, 3.8) is 0 Å². The van der Waals surface area contributed by atoms with Crippen molar-refractivity contribution in [2.45, 2.75) is 6.42 Å². The summed E-state index contributed by atoms with van der Waals surface area (Å²) in [6.07, 6.45) is 0.625. The fraction of sp³-hybridized carbons (Fsp3) is 0.200. The number of nitro groups is 1. The van der Waals surface area contributed by atoms with Gasteiger partial charge in [-0.05, 0) is 6.07 Å². The SMILES string of the molecule is O=C(COC(=O)c1sc2ccccc2c1Cl)Nc1cc2c(cc1[N+](=O)[O-])OCCCO2. The molecule has 31 heavy (non-hydrogen) atoms. The van der Waals surface area contributed by atoms with Gasteiger partial charge in [0, 0.05) is 22.6 Å². The van der Waals surface area contributed by atoms with Crippen LogP contribution < -0.4 is 14.8 Å². The van der Waals surface area contributed by atoms with Gasteiger partial charge in [-0.15, -0.1) is 11.3 Å². The molecule has 4 rings (SSSR count). The van der Waals surface area contributed by atoms with Crippen LogP contribution in [0.1, 0.15) is 16.1 Å². The molecule has 3 aromatic rings. The van der Waals surface area contributed by atoms with Crippen molar-refractivity contribution in [2.75, 3.05) is 25.1 Å². The normalized spacial score (nSPS) is 12.8. The molecule has 2 aromatic carbocycles. The Morgan fingerprint density at radius 1 is 1.19 bits per heavy atom. The van der Waals surface area contributed by atoms with E-state index in [9.17, 15) is 19.7 Å². The highest BCUT2D eigenvalue weighted by molar-refractivity contribution is 7.21. The first-order valence-electron chi connectivity index (χ1n) is 9.16. The Balaban J connectivity index is 1.47. The van der Waals surface area contributed by atoms with Crippen LogP contribution in [0.3, 0.4) is 0 Å². The Morgan fingerprint density at radius 3 is 2.61 bits per heavy atom. The number of benzene rings is 2. The van der Waals surface area contributed by atoms with Crippen LogP contribution in [-0.4, -0.2) is 36.6 Å². The number of halogens is 1. The smallest absolute Gasteiger partial charge is 0.350 e. The third-order valence-electron chi connectivity index (χ3n) is 4.39. The lowest BCUT2D eigenvalue weighted by Crippen LogP contribution is -2.21. The number of fused-ring (bicyclic) bond motifs is 2. The van der Waals surface area contributed by atoms with Gasteiger partial charge in [-0.2, -0.15) is 0 Å². The van der Waals surface area contributed by atoms with Gasteiger partial charge in [0.25, 0.3) is 11.6 Å². The first-order valence-corrected chi connectivity index (χ1v) is 10.4. The van der Waals surface area contributed by atoms with Crippen molar-refractivity contribution in [2.24, 2.45) is 0 Å². The van der Waals surface area contributed by atoms with E-state index in [4.69, 9.17) is 25.8 Å².